The van der Waals surface area contributed by atoms with Crippen molar-refractivity contribution in [3.05, 3.63) is 0 Å². The third-order valence-corrected chi connectivity index (χ3v) is 2.16. The quantitative estimate of drug-likeness (QED) is 0.313. The second kappa shape index (κ2) is 6.46. The summed E-state index contributed by atoms with van der Waals surface area (Å²) in [7, 11) is 0. The average molecular weight is 185 g/mol. The molecule has 0 aliphatic heterocycles. The minimum absolute atomic E-state index is 0.174. The van der Waals surface area contributed by atoms with Gasteiger partial charge in [0.1, 0.15) is 0 Å². The Kier molecular flexibility index (Phi) is 5.93. The largest absolute Gasteiger partial charge is 0.387 e. The van der Waals surface area contributed by atoms with Gasteiger partial charge in [-0.15, -0.1) is 0 Å². The number of amidine groups is 1. The number of carbonyl (C=O) groups is 1. The SMILES string of the molecule is CCC(CCCCC(N)=O)C(=N)N. The first-order chi connectivity index (χ1) is 6.07. The van der Waals surface area contributed by atoms with Crippen molar-refractivity contribution in [2.24, 2.45) is 17.4 Å². The molecule has 1 amide bonds. The highest BCUT2D eigenvalue weighted by molar-refractivity contribution is 5.79. The van der Waals surface area contributed by atoms with Crippen LogP contribution in [0.4, 0.5) is 0 Å². The number of hydrogen-bond acceptors (Lipinski definition) is 2. The van der Waals surface area contributed by atoms with Crippen LogP contribution >= 0.6 is 0 Å². The molecular weight excluding hydrogens is 166 g/mol. The molecule has 0 aromatic carbocycles. The molecule has 0 aliphatic rings. The molecule has 4 nitrogen and oxygen atoms in total. The summed E-state index contributed by atoms with van der Waals surface area (Å²) in [5.74, 6) is 0.172. The molecule has 0 aromatic rings. The Morgan fingerprint density at radius 1 is 1.38 bits per heavy atom. The third kappa shape index (κ3) is 6.13. The molecule has 1 unspecified atom stereocenters. The van der Waals surface area contributed by atoms with Crippen molar-refractivity contribution < 1.29 is 4.79 Å². The number of nitrogens with one attached hydrogen (secondary N) is 1. The molecule has 13 heavy (non-hydrogen) atoms. The van der Waals surface area contributed by atoms with E-state index in [4.69, 9.17) is 16.9 Å². The van der Waals surface area contributed by atoms with Crippen LogP contribution in [0, 0.1) is 11.3 Å². The molecule has 4 heteroatoms. The molecule has 0 aliphatic carbocycles. The fraction of sp³-hybridized carbons (Fsp3) is 0.778. The second-order valence-electron chi connectivity index (χ2n) is 3.27. The first-order valence-electron chi connectivity index (χ1n) is 4.70. The molecule has 0 bridgehead atoms. The highest BCUT2D eigenvalue weighted by Crippen LogP contribution is 2.12. The predicted molar refractivity (Wildman–Crippen MR) is 53.4 cm³/mol. The summed E-state index contributed by atoms with van der Waals surface area (Å²) in [6.45, 7) is 2.01. The van der Waals surface area contributed by atoms with Gasteiger partial charge in [-0.3, -0.25) is 10.2 Å². The van der Waals surface area contributed by atoms with E-state index < -0.39 is 0 Å². The summed E-state index contributed by atoms with van der Waals surface area (Å²) >= 11 is 0. The van der Waals surface area contributed by atoms with E-state index in [0.29, 0.717) is 6.42 Å². The van der Waals surface area contributed by atoms with Crippen molar-refractivity contribution in [3.63, 3.8) is 0 Å². The van der Waals surface area contributed by atoms with Gasteiger partial charge in [-0.1, -0.05) is 13.3 Å². The lowest BCUT2D eigenvalue weighted by molar-refractivity contribution is -0.118. The number of rotatable bonds is 7. The number of carbonyl (C=O) groups excluding carboxylic acids is 1. The Balaban J connectivity index is 3.50. The Morgan fingerprint density at radius 2 is 2.00 bits per heavy atom. The predicted octanol–water partition coefficient (Wildman–Crippen LogP) is 0.994. The second-order valence-corrected chi connectivity index (χ2v) is 3.27. The van der Waals surface area contributed by atoms with Crippen molar-refractivity contribution in [3.8, 4) is 0 Å². The van der Waals surface area contributed by atoms with Crippen molar-refractivity contribution in [1.82, 2.24) is 0 Å². The molecule has 0 heterocycles. The molecule has 0 rings (SSSR count). The van der Waals surface area contributed by atoms with Gasteiger partial charge < -0.3 is 11.5 Å². The van der Waals surface area contributed by atoms with Crippen molar-refractivity contribution in [1.29, 1.82) is 5.41 Å². The lowest BCUT2D eigenvalue weighted by atomic mass is 9.97. The van der Waals surface area contributed by atoms with Gasteiger partial charge in [-0.2, -0.15) is 0 Å². The van der Waals surface area contributed by atoms with Crippen LogP contribution in [0.1, 0.15) is 39.0 Å². The Bertz CT molecular complexity index is 180. The van der Waals surface area contributed by atoms with E-state index in [2.05, 4.69) is 0 Å². The van der Waals surface area contributed by atoms with Crippen LogP contribution in [0.2, 0.25) is 0 Å². The number of primary amides is 1. The third-order valence-electron chi connectivity index (χ3n) is 2.16. The fourth-order valence-electron chi connectivity index (χ4n) is 1.27. The summed E-state index contributed by atoms with van der Waals surface area (Å²) in [6, 6.07) is 0. The summed E-state index contributed by atoms with van der Waals surface area (Å²) in [6.07, 6.45) is 3.94. The topological polar surface area (TPSA) is 93.0 Å². The zero-order valence-electron chi connectivity index (χ0n) is 8.18. The smallest absolute Gasteiger partial charge is 0.217 e. The lowest BCUT2D eigenvalue weighted by Crippen LogP contribution is -2.21. The zero-order valence-corrected chi connectivity index (χ0v) is 8.18. The van der Waals surface area contributed by atoms with Crippen LogP contribution in [0.25, 0.3) is 0 Å². The van der Waals surface area contributed by atoms with Crippen molar-refractivity contribution in [2.75, 3.05) is 0 Å². The molecule has 0 saturated heterocycles. The highest BCUT2D eigenvalue weighted by atomic mass is 16.1. The monoisotopic (exact) mass is 185 g/mol. The van der Waals surface area contributed by atoms with Gasteiger partial charge in [0.25, 0.3) is 0 Å². The molecule has 0 spiro atoms. The maximum Gasteiger partial charge on any atom is 0.217 e. The summed E-state index contributed by atoms with van der Waals surface area (Å²) in [5, 5.41) is 7.26. The van der Waals surface area contributed by atoms with Gasteiger partial charge in [-0.05, 0) is 19.3 Å². The summed E-state index contributed by atoms with van der Waals surface area (Å²) < 4.78 is 0. The van der Waals surface area contributed by atoms with Crippen LogP contribution in [-0.4, -0.2) is 11.7 Å². The maximum atomic E-state index is 10.4. The Hall–Kier alpha value is -1.06. The van der Waals surface area contributed by atoms with E-state index in [9.17, 15) is 4.79 Å². The van der Waals surface area contributed by atoms with Gasteiger partial charge >= 0.3 is 0 Å². The highest BCUT2D eigenvalue weighted by Gasteiger charge is 2.08. The molecular formula is C9H19N3O. The normalized spacial score (nSPS) is 12.4. The Morgan fingerprint density at radius 3 is 2.38 bits per heavy atom. The number of amides is 1. The fourth-order valence-corrected chi connectivity index (χ4v) is 1.27. The van der Waals surface area contributed by atoms with Gasteiger partial charge in [0.15, 0.2) is 0 Å². The standard InChI is InChI=1S/C9H19N3O/c1-2-7(9(11)12)5-3-4-6-8(10)13/h7H,2-6H2,1H3,(H2,10,13)(H3,11,12). The molecule has 76 valence electrons. The van der Waals surface area contributed by atoms with Crippen molar-refractivity contribution >= 4 is 11.7 Å². The molecule has 0 radical (unpaired) electrons. The molecule has 1 atom stereocenters. The molecule has 0 fully saturated rings. The van der Waals surface area contributed by atoms with E-state index in [-0.39, 0.29) is 17.7 Å². The summed E-state index contributed by atoms with van der Waals surface area (Å²) in [4.78, 5) is 10.4. The zero-order chi connectivity index (χ0) is 10.3. The van der Waals surface area contributed by atoms with E-state index in [1.54, 1.807) is 0 Å². The number of unbranched alkanes of at least 4 members (excludes halogenated alkanes) is 1. The average Bonchev–Trinajstić information content (AvgIpc) is 2.03. The van der Waals surface area contributed by atoms with Crippen molar-refractivity contribution in [2.45, 2.75) is 39.0 Å². The van der Waals surface area contributed by atoms with E-state index in [1.165, 1.54) is 0 Å². The summed E-state index contributed by atoms with van der Waals surface area (Å²) in [5.41, 5.74) is 10.4. The molecule has 5 N–H and O–H groups in total. The first-order valence-corrected chi connectivity index (χ1v) is 4.70. The number of hydrogen-bond donors (Lipinski definition) is 3. The minimum atomic E-state index is -0.254. The van der Waals surface area contributed by atoms with Gasteiger partial charge in [0.2, 0.25) is 5.91 Å². The number of nitrogens with two attached hydrogens (primary N) is 2. The molecule has 0 aromatic heterocycles. The van der Waals surface area contributed by atoms with E-state index >= 15 is 0 Å². The lowest BCUT2D eigenvalue weighted by Gasteiger charge is -2.11. The first kappa shape index (κ1) is 11.9. The van der Waals surface area contributed by atoms with E-state index in [1.807, 2.05) is 6.92 Å². The van der Waals surface area contributed by atoms with E-state index in [0.717, 1.165) is 25.7 Å². The Labute approximate surface area is 79.2 Å². The maximum absolute atomic E-state index is 10.4. The molecule has 0 saturated carbocycles. The van der Waals surface area contributed by atoms with Crippen LogP contribution < -0.4 is 11.5 Å². The van der Waals surface area contributed by atoms with Gasteiger partial charge in [0.05, 0.1) is 5.84 Å². The van der Waals surface area contributed by atoms with Crippen LogP contribution in [-0.2, 0) is 4.79 Å². The van der Waals surface area contributed by atoms with Crippen LogP contribution in [0.5, 0.6) is 0 Å². The van der Waals surface area contributed by atoms with Gasteiger partial charge in [-0.25, -0.2) is 0 Å². The van der Waals surface area contributed by atoms with Crippen LogP contribution in [0.15, 0.2) is 0 Å². The van der Waals surface area contributed by atoms with Crippen LogP contribution in [0.3, 0.4) is 0 Å². The minimum Gasteiger partial charge on any atom is -0.387 e. The van der Waals surface area contributed by atoms with Gasteiger partial charge in [0, 0.05) is 12.3 Å².